The van der Waals surface area contributed by atoms with Gasteiger partial charge in [0.25, 0.3) is 0 Å². The van der Waals surface area contributed by atoms with Gasteiger partial charge in [-0.1, -0.05) is 12.1 Å². The van der Waals surface area contributed by atoms with Crippen LogP contribution in [0.4, 0.5) is 0 Å². The lowest BCUT2D eigenvalue weighted by molar-refractivity contribution is 0.142. The van der Waals surface area contributed by atoms with Gasteiger partial charge in [0.2, 0.25) is 0 Å². The summed E-state index contributed by atoms with van der Waals surface area (Å²) < 4.78 is 5.57. The minimum atomic E-state index is 0.373. The molecule has 1 fully saturated rings. The van der Waals surface area contributed by atoms with E-state index >= 15 is 0 Å². The van der Waals surface area contributed by atoms with Gasteiger partial charge in [0, 0.05) is 13.1 Å². The summed E-state index contributed by atoms with van der Waals surface area (Å²) in [7, 11) is 0. The standard InChI is InChI=1S/C9H10NO/c1-2-4-8(5-3-1)11-9-6-10-7-9/h2-5,9-10H,6-7H2. The average molecular weight is 148 g/mol. The first-order valence-corrected chi connectivity index (χ1v) is 3.78. The molecule has 2 rings (SSSR count). The van der Waals surface area contributed by atoms with E-state index in [-0.39, 0.29) is 0 Å². The first-order chi connectivity index (χ1) is 5.45. The molecule has 0 unspecified atom stereocenters. The Hall–Kier alpha value is -1.02. The molecule has 1 heterocycles. The van der Waals surface area contributed by atoms with Crippen molar-refractivity contribution in [2.75, 3.05) is 13.1 Å². The van der Waals surface area contributed by atoms with Gasteiger partial charge in [0.1, 0.15) is 11.9 Å². The molecule has 0 atom stereocenters. The van der Waals surface area contributed by atoms with E-state index in [0.29, 0.717) is 6.10 Å². The summed E-state index contributed by atoms with van der Waals surface area (Å²) in [5, 5.41) is 3.15. The zero-order chi connectivity index (χ0) is 7.52. The van der Waals surface area contributed by atoms with Crippen molar-refractivity contribution in [3.05, 3.63) is 30.3 Å². The van der Waals surface area contributed by atoms with Gasteiger partial charge in [-0.15, -0.1) is 0 Å². The second kappa shape index (κ2) is 2.93. The van der Waals surface area contributed by atoms with Crippen molar-refractivity contribution in [3.8, 4) is 5.75 Å². The maximum atomic E-state index is 5.57. The number of hydrogen-bond donors (Lipinski definition) is 1. The zero-order valence-electron chi connectivity index (χ0n) is 6.21. The molecule has 0 aromatic heterocycles. The van der Waals surface area contributed by atoms with Crippen LogP contribution in [0, 0.1) is 6.07 Å². The fourth-order valence-corrected chi connectivity index (χ4v) is 0.988. The Morgan fingerprint density at radius 1 is 1.36 bits per heavy atom. The van der Waals surface area contributed by atoms with Crippen LogP contribution in [0.25, 0.3) is 0 Å². The SMILES string of the molecule is [c]1ccc(OC2CNC2)cc1. The second-order valence-corrected chi connectivity index (χ2v) is 2.63. The maximum Gasteiger partial charge on any atom is 0.123 e. The van der Waals surface area contributed by atoms with E-state index in [0.717, 1.165) is 18.8 Å². The Morgan fingerprint density at radius 2 is 2.09 bits per heavy atom. The maximum absolute atomic E-state index is 5.57. The van der Waals surface area contributed by atoms with Gasteiger partial charge >= 0.3 is 0 Å². The van der Waals surface area contributed by atoms with E-state index in [9.17, 15) is 0 Å². The second-order valence-electron chi connectivity index (χ2n) is 2.63. The van der Waals surface area contributed by atoms with Crippen molar-refractivity contribution >= 4 is 0 Å². The van der Waals surface area contributed by atoms with Gasteiger partial charge in [0.05, 0.1) is 0 Å². The number of benzene rings is 1. The molecule has 0 spiro atoms. The van der Waals surface area contributed by atoms with Gasteiger partial charge < -0.3 is 10.1 Å². The third kappa shape index (κ3) is 1.52. The summed E-state index contributed by atoms with van der Waals surface area (Å²) in [6.07, 6.45) is 0.373. The Kier molecular flexibility index (Phi) is 1.78. The van der Waals surface area contributed by atoms with Crippen LogP contribution in [0.2, 0.25) is 0 Å². The molecule has 0 aliphatic carbocycles. The highest BCUT2D eigenvalue weighted by Crippen LogP contribution is 2.11. The number of hydrogen-bond acceptors (Lipinski definition) is 2. The fraction of sp³-hybridized carbons (Fsp3) is 0.333. The minimum absolute atomic E-state index is 0.373. The molecule has 1 aromatic carbocycles. The van der Waals surface area contributed by atoms with Crippen LogP contribution in [-0.4, -0.2) is 19.2 Å². The summed E-state index contributed by atoms with van der Waals surface area (Å²) in [5.41, 5.74) is 0. The summed E-state index contributed by atoms with van der Waals surface area (Å²) in [6, 6.07) is 10.5. The predicted molar refractivity (Wildman–Crippen MR) is 42.6 cm³/mol. The normalized spacial score (nSPS) is 17.5. The highest BCUT2D eigenvalue weighted by molar-refractivity contribution is 5.20. The van der Waals surface area contributed by atoms with Gasteiger partial charge in [0.15, 0.2) is 0 Å². The topological polar surface area (TPSA) is 21.3 Å². The van der Waals surface area contributed by atoms with E-state index in [1.807, 2.05) is 24.3 Å². The van der Waals surface area contributed by atoms with Crippen molar-refractivity contribution in [2.45, 2.75) is 6.10 Å². The molecule has 1 aliphatic heterocycles. The Labute approximate surface area is 66.2 Å². The first-order valence-electron chi connectivity index (χ1n) is 3.78. The van der Waals surface area contributed by atoms with E-state index in [2.05, 4.69) is 11.4 Å². The van der Waals surface area contributed by atoms with E-state index in [1.165, 1.54) is 0 Å². The van der Waals surface area contributed by atoms with Crippen molar-refractivity contribution in [1.82, 2.24) is 5.32 Å². The molecule has 1 aromatic rings. The summed E-state index contributed by atoms with van der Waals surface area (Å²) in [6.45, 7) is 1.94. The van der Waals surface area contributed by atoms with E-state index in [4.69, 9.17) is 4.74 Å². The predicted octanol–water partition coefficient (Wildman–Crippen LogP) is 0.837. The number of rotatable bonds is 2. The van der Waals surface area contributed by atoms with Crippen LogP contribution in [0.1, 0.15) is 0 Å². The molecule has 2 nitrogen and oxygen atoms in total. The molecule has 0 saturated carbocycles. The average Bonchev–Trinajstić information content (AvgIpc) is 1.99. The quantitative estimate of drug-likeness (QED) is 0.671. The number of ether oxygens (including phenoxy) is 1. The van der Waals surface area contributed by atoms with Crippen molar-refractivity contribution < 1.29 is 4.74 Å². The fourth-order valence-electron chi connectivity index (χ4n) is 0.988. The molecular formula is C9H10NO. The van der Waals surface area contributed by atoms with E-state index < -0.39 is 0 Å². The van der Waals surface area contributed by atoms with Gasteiger partial charge in [-0.3, -0.25) is 0 Å². The lowest BCUT2D eigenvalue weighted by Crippen LogP contribution is -2.50. The molecule has 57 valence electrons. The molecule has 11 heavy (non-hydrogen) atoms. The van der Waals surface area contributed by atoms with Crippen LogP contribution in [0.15, 0.2) is 24.3 Å². The molecule has 1 N–H and O–H groups in total. The number of nitrogens with one attached hydrogen (secondary N) is 1. The third-order valence-corrected chi connectivity index (χ3v) is 1.73. The van der Waals surface area contributed by atoms with Crippen LogP contribution in [-0.2, 0) is 0 Å². The molecule has 1 aliphatic rings. The lowest BCUT2D eigenvalue weighted by atomic mass is 10.2. The molecule has 0 bridgehead atoms. The first kappa shape index (κ1) is 6.68. The summed E-state index contributed by atoms with van der Waals surface area (Å²) in [4.78, 5) is 0. The van der Waals surface area contributed by atoms with E-state index in [1.54, 1.807) is 0 Å². The van der Waals surface area contributed by atoms with Crippen LogP contribution in [0.3, 0.4) is 0 Å². The van der Waals surface area contributed by atoms with Gasteiger partial charge in [-0.25, -0.2) is 0 Å². The van der Waals surface area contributed by atoms with Crippen LogP contribution >= 0.6 is 0 Å². The summed E-state index contributed by atoms with van der Waals surface area (Å²) >= 11 is 0. The molecule has 1 saturated heterocycles. The lowest BCUT2D eigenvalue weighted by Gasteiger charge is -2.27. The van der Waals surface area contributed by atoms with Crippen molar-refractivity contribution in [3.63, 3.8) is 0 Å². The minimum Gasteiger partial charge on any atom is -0.488 e. The van der Waals surface area contributed by atoms with Crippen molar-refractivity contribution in [2.24, 2.45) is 0 Å². The molecular weight excluding hydrogens is 138 g/mol. The van der Waals surface area contributed by atoms with Gasteiger partial charge in [-0.05, 0) is 18.2 Å². The Morgan fingerprint density at radius 3 is 2.64 bits per heavy atom. The Balaban J connectivity index is 1.95. The smallest absolute Gasteiger partial charge is 0.123 e. The highest BCUT2D eigenvalue weighted by atomic mass is 16.5. The highest BCUT2D eigenvalue weighted by Gasteiger charge is 2.17. The third-order valence-electron chi connectivity index (χ3n) is 1.73. The van der Waals surface area contributed by atoms with Crippen molar-refractivity contribution in [1.29, 1.82) is 0 Å². The molecule has 0 amide bonds. The Bertz CT molecular complexity index is 218. The molecule has 1 radical (unpaired) electrons. The largest absolute Gasteiger partial charge is 0.488 e. The molecule has 2 heteroatoms. The monoisotopic (exact) mass is 148 g/mol. The summed E-state index contributed by atoms with van der Waals surface area (Å²) in [5.74, 6) is 0.940. The van der Waals surface area contributed by atoms with Crippen LogP contribution in [0.5, 0.6) is 5.75 Å². The zero-order valence-corrected chi connectivity index (χ0v) is 6.21. The van der Waals surface area contributed by atoms with Gasteiger partial charge in [-0.2, -0.15) is 0 Å². The van der Waals surface area contributed by atoms with Crippen LogP contribution < -0.4 is 10.1 Å².